The molecule has 1 aliphatic rings. The van der Waals surface area contributed by atoms with Gasteiger partial charge >= 0.3 is 0 Å². The number of ether oxygens (including phenoxy) is 2. The number of methoxy groups -OCH3 is 1. The predicted molar refractivity (Wildman–Crippen MR) is 116 cm³/mol. The van der Waals surface area contributed by atoms with Gasteiger partial charge in [-0.1, -0.05) is 19.8 Å². The zero-order valence-electron chi connectivity index (χ0n) is 16.4. The van der Waals surface area contributed by atoms with E-state index in [1.165, 1.54) is 45.2 Å². The highest BCUT2D eigenvalue weighted by atomic mass is 127. The fourth-order valence-electron chi connectivity index (χ4n) is 3.01. The van der Waals surface area contributed by atoms with Crippen molar-refractivity contribution in [2.24, 2.45) is 4.99 Å². The summed E-state index contributed by atoms with van der Waals surface area (Å²) in [4.78, 5) is 6.97. The lowest BCUT2D eigenvalue weighted by Crippen LogP contribution is -2.49. The van der Waals surface area contributed by atoms with Gasteiger partial charge in [0.05, 0.1) is 13.2 Å². The summed E-state index contributed by atoms with van der Waals surface area (Å²) < 4.78 is 10.4. The van der Waals surface area contributed by atoms with Crippen LogP contribution in [0.15, 0.2) is 4.99 Å². The van der Waals surface area contributed by atoms with Gasteiger partial charge in [-0.15, -0.1) is 24.0 Å². The average molecular weight is 470 g/mol. The number of nitrogens with one attached hydrogen (secondary N) is 2. The van der Waals surface area contributed by atoms with Crippen LogP contribution in [-0.2, 0) is 9.47 Å². The fraction of sp³-hybridized carbons (Fsp3) is 0.944. The Morgan fingerprint density at radius 2 is 2.00 bits per heavy atom. The highest BCUT2D eigenvalue weighted by Gasteiger charge is 2.21. The molecule has 0 aromatic rings. The summed E-state index contributed by atoms with van der Waals surface area (Å²) >= 11 is 0. The van der Waals surface area contributed by atoms with Crippen molar-refractivity contribution < 1.29 is 9.47 Å². The molecule has 0 aromatic heterocycles. The number of likely N-dealkylation sites (tertiary alicyclic amines) is 1. The van der Waals surface area contributed by atoms with Crippen molar-refractivity contribution in [3.8, 4) is 0 Å². The molecule has 1 atom stereocenters. The monoisotopic (exact) mass is 470 g/mol. The number of nitrogens with zero attached hydrogens (tertiary/aromatic N) is 2. The SMILES string of the molecule is CCCCN1CCCCC1CNC(=NC)NCCCOCCOC.I. The van der Waals surface area contributed by atoms with E-state index in [0.717, 1.165) is 32.1 Å². The van der Waals surface area contributed by atoms with E-state index >= 15 is 0 Å². The lowest BCUT2D eigenvalue weighted by Gasteiger charge is -2.36. The Hall–Kier alpha value is -0.120. The van der Waals surface area contributed by atoms with E-state index in [-0.39, 0.29) is 24.0 Å². The van der Waals surface area contributed by atoms with E-state index < -0.39 is 0 Å². The third-order valence-corrected chi connectivity index (χ3v) is 4.47. The smallest absolute Gasteiger partial charge is 0.191 e. The van der Waals surface area contributed by atoms with Crippen molar-refractivity contribution in [3.63, 3.8) is 0 Å². The van der Waals surface area contributed by atoms with Crippen LogP contribution in [-0.4, -0.2) is 77.1 Å². The number of aliphatic imine (C=N–C) groups is 1. The second-order valence-electron chi connectivity index (χ2n) is 6.38. The molecule has 0 bridgehead atoms. The van der Waals surface area contributed by atoms with Crippen molar-refractivity contribution in [1.82, 2.24) is 15.5 Å². The highest BCUT2D eigenvalue weighted by Crippen LogP contribution is 2.16. The molecule has 1 aliphatic heterocycles. The zero-order valence-corrected chi connectivity index (χ0v) is 18.7. The third kappa shape index (κ3) is 12.0. The number of guanidine groups is 1. The van der Waals surface area contributed by atoms with Gasteiger partial charge in [0.2, 0.25) is 0 Å². The fourth-order valence-corrected chi connectivity index (χ4v) is 3.01. The van der Waals surface area contributed by atoms with Crippen LogP contribution in [0.25, 0.3) is 0 Å². The lowest BCUT2D eigenvalue weighted by molar-refractivity contribution is 0.0698. The summed E-state index contributed by atoms with van der Waals surface area (Å²) in [5.41, 5.74) is 0. The normalized spacial score (nSPS) is 18.7. The van der Waals surface area contributed by atoms with Crippen molar-refractivity contribution in [2.45, 2.75) is 51.5 Å². The quantitative estimate of drug-likeness (QED) is 0.199. The second-order valence-corrected chi connectivity index (χ2v) is 6.38. The van der Waals surface area contributed by atoms with Gasteiger partial charge in [-0.05, 0) is 38.8 Å². The number of piperidine rings is 1. The standard InChI is InChI=1S/C18H38N4O2.HI/c1-4-5-11-22-12-7-6-9-17(22)16-21-18(19-2)20-10-8-13-24-15-14-23-3;/h17H,4-16H2,1-3H3,(H2,19,20,21);1H. The molecule has 0 radical (unpaired) electrons. The molecule has 0 amide bonds. The molecule has 1 saturated heterocycles. The Bertz CT molecular complexity index is 332. The van der Waals surface area contributed by atoms with E-state index in [9.17, 15) is 0 Å². The van der Waals surface area contributed by atoms with Crippen LogP contribution in [0.5, 0.6) is 0 Å². The first kappa shape index (κ1) is 24.9. The predicted octanol–water partition coefficient (Wildman–Crippen LogP) is 2.48. The van der Waals surface area contributed by atoms with Crippen LogP contribution in [0.2, 0.25) is 0 Å². The van der Waals surface area contributed by atoms with Crippen LogP contribution in [0.4, 0.5) is 0 Å². The molecule has 1 rings (SSSR count). The molecule has 0 aromatic carbocycles. The molecule has 25 heavy (non-hydrogen) atoms. The Morgan fingerprint density at radius 1 is 1.16 bits per heavy atom. The summed E-state index contributed by atoms with van der Waals surface area (Å²) in [7, 11) is 3.52. The molecular formula is C18H39IN4O2. The number of halogens is 1. The molecule has 0 aliphatic carbocycles. The van der Waals surface area contributed by atoms with Gasteiger partial charge in [-0.2, -0.15) is 0 Å². The molecule has 7 heteroatoms. The zero-order chi connectivity index (χ0) is 17.5. The number of rotatable bonds is 12. The Balaban J connectivity index is 0.00000576. The third-order valence-electron chi connectivity index (χ3n) is 4.47. The van der Waals surface area contributed by atoms with Gasteiger partial charge < -0.3 is 20.1 Å². The van der Waals surface area contributed by atoms with Crippen LogP contribution in [0.3, 0.4) is 0 Å². The van der Waals surface area contributed by atoms with Crippen molar-refractivity contribution in [3.05, 3.63) is 0 Å². The molecular weight excluding hydrogens is 431 g/mol. The minimum Gasteiger partial charge on any atom is -0.382 e. The van der Waals surface area contributed by atoms with E-state index in [4.69, 9.17) is 9.47 Å². The topological polar surface area (TPSA) is 58.1 Å². The van der Waals surface area contributed by atoms with Crippen LogP contribution in [0, 0.1) is 0 Å². The molecule has 6 nitrogen and oxygen atoms in total. The summed E-state index contributed by atoms with van der Waals surface area (Å²) in [6.07, 6.45) is 7.52. The summed E-state index contributed by atoms with van der Waals surface area (Å²) in [6.45, 7) is 8.67. The molecule has 1 fully saturated rings. The van der Waals surface area contributed by atoms with Gasteiger partial charge in [0, 0.05) is 39.9 Å². The maximum atomic E-state index is 5.46. The van der Waals surface area contributed by atoms with Gasteiger partial charge in [0.25, 0.3) is 0 Å². The Kier molecular flexibility index (Phi) is 17.2. The first-order chi connectivity index (χ1) is 11.8. The van der Waals surface area contributed by atoms with Crippen molar-refractivity contribution in [1.29, 1.82) is 0 Å². The largest absolute Gasteiger partial charge is 0.382 e. The van der Waals surface area contributed by atoms with Crippen molar-refractivity contribution >= 4 is 29.9 Å². The first-order valence-corrected chi connectivity index (χ1v) is 9.57. The second kappa shape index (κ2) is 17.3. The van der Waals surface area contributed by atoms with Gasteiger partial charge in [-0.3, -0.25) is 9.89 Å². The molecule has 0 spiro atoms. The molecule has 1 heterocycles. The summed E-state index contributed by atoms with van der Waals surface area (Å²) in [6, 6.07) is 0.640. The number of hydrogen-bond donors (Lipinski definition) is 2. The lowest BCUT2D eigenvalue weighted by atomic mass is 10.0. The molecule has 0 saturated carbocycles. The molecule has 2 N–H and O–H groups in total. The number of hydrogen-bond acceptors (Lipinski definition) is 4. The maximum absolute atomic E-state index is 5.46. The minimum absolute atomic E-state index is 0. The molecule has 1 unspecified atom stereocenters. The first-order valence-electron chi connectivity index (χ1n) is 9.57. The maximum Gasteiger partial charge on any atom is 0.191 e. The Labute approximate surface area is 171 Å². The van der Waals surface area contributed by atoms with E-state index in [1.54, 1.807) is 7.11 Å². The average Bonchev–Trinajstić information content (AvgIpc) is 2.62. The highest BCUT2D eigenvalue weighted by molar-refractivity contribution is 14.0. The van der Waals surface area contributed by atoms with E-state index in [2.05, 4.69) is 27.4 Å². The van der Waals surface area contributed by atoms with Gasteiger partial charge in [-0.25, -0.2) is 0 Å². The Morgan fingerprint density at radius 3 is 2.72 bits per heavy atom. The minimum atomic E-state index is 0. The van der Waals surface area contributed by atoms with Crippen LogP contribution >= 0.6 is 24.0 Å². The van der Waals surface area contributed by atoms with Gasteiger partial charge in [0.15, 0.2) is 5.96 Å². The van der Waals surface area contributed by atoms with Crippen molar-refractivity contribution in [2.75, 3.05) is 60.2 Å². The van der Waals surface area contributed by atoms with E-state index in [0.29, 0.717) is 19.3 Å². The summed E-state index contributed by atoms with van der Waals surface area (Å²) in [5, 5.41) is 6.86. The molecule has 150 valence electrons. The van der Waals surface area contributed by atoms with Gasteiger partial charge in [0.1, 0.15) is 0 Å². The van der Waals surface area contributed by atoms with Crippen LogP contribution < -0.4 is 10.6 Å². The van der Waals surface area contributed by atoms with Crippen LogP contribution in [0.1, 0.15) is 45.4 Å². The van der Waals surface area contributed by atoms with E-state index in [1.807, 2.05) is 7.05 Å². The summed E-state index contributed by atoms with van der Waals surface area (Å²) in [5.74, 6) is 0.896. The number of unbranched alkanes of at least 4 members (excludes halogenated alkanes) is 1.